The van der Waals surface area contributed by atoms with Gasteiger partial charge in [0.05, 0.1) is 11.5 Å². The number of nitrogens with zero attached hydrogens (tertiary/aromatic N) is 2. The summed E-state index contributed by atoms with van der Waals surface area (Å²) in [4.78, 5) is 30.6. The number of rotatable bonds is 7. The zero-order valence-electron chi connectivity index (χ0n) is 14.5. The van der Waals surface area contributed by atoms with E-state index in [9.17, 15) is 9.59 Å². The third kappa shape index (κ3) is 5.15. The number of carbonyl (C=O) groups is 2. The molecule has 0 atom stereocenters. The average molecular weight is 420 g/mol. The van der Waals surface area contributed by atoms with Gasteiger partial charge in [-0.1, -0.05) is 36.1 Å². The van der Waals surface area contributed by atoms with Gasteiger partial charge < -0.3 is 10.1 Å². The number of thiazole rings is 1. The maximum absolute atomic E-state index is 12.6. The second-order valence-electron chi connectivity index (χ2n) is 5.47. The van der Waals surface area contributed by atoms with Gasteiger partial charge in [0.25, 0.3) is 5.91 Å². The molecule has 1 aliphatic rings. The second kappa shape index (κ2) is 9.12. The monoisotopic (exact) mass is 419 g/mol. The maximum Gasteiger partial charge on any atom is 0.266 e. The number of thioether (sulfide) groups is 1. The molecule has 2 heterocycles. The van der Waals surface area contributed by atoms with Crippen molar-refractivity contribution in [3.8, 4) is 5.75 Å². The largest absolute Gasteiger partial charge is 0.494 e. The lowest BCUT2D eigenvalue weighted by molar-refractivity contribution is -0.122. The molecule has 0 aliphatic carbocycles. The number of amides is 2. The van der Waals surface area contributed by atoms with E-state index in [0.717, 1.165) is 11.3 Å². The summed E-state index contributed by atoms with van der Waals surface area (Å²) in [7, 11) is 0. The Morgan fingerprint density at radius 2 is 2.15 bits per heavy atom. The molecule has 1 saturated heterocycles. The van der Waals surface area contributed by atoms with E-state index < -0.39 is 0 Å². The summed E-state index contributed by atoms with van der Waals surface area (Å²) in [6.45, 7) is 2.77. The van der Waals surface area contributed by atoms with Crippen molar-refractivity contribution in [3.05, 3.63) is 46.3 Å². The van der Waals surface area contributed by atoms with Crippen LogP contribution in [0.25, 0.3) is 6.08 Å². The normalized spacial score (nSPS) is 15.4. The van der Waals surface area contributed by atoms with Crippen LogP contribution in [0.15, 0.2) is 40.7 Å². The van der Waals surface area contributed by atoms with Gasteiger partial charge in [-0.05, 0) is 30.7 Å². The van der Waals surface area contributed by atoms with Crippen LogP contribution < -0.4 is 10.1 Å². The number of anilines is 1. The molecule has 2 amide bonds. The molecular weight excluding hydrogens is 402 g/mol. The Hall–Kier alpha value is -2.23. The summed E-state index contributed by atoms with van der Waals surface area (Å²) < 4.78 is 5.87. The molecule has 1 fully saturated rings. The molecule has 3 rings (SSSR count). The summed E-state index contributed by atoms with van der Waals surface area (Å²) in [5.41, 5.74) is 0.889. The van der Waals surface area contributed by atoms with E-state index in [0.29, 0.717) is 21.0 Å². The molecule has 0 saturated carbocycles. The zero-order chi connectivity index (χ0) is 19.2. The maximum atomic E-state index is 12.6. The topological polar surface area (TPSA) is 71.5 Å². The minimum Gasteiger partial charge on any atom is -0.494 e. The van der Waals surface area contributed by atoms with Crippen LogP contribution in [-0.4, -0.2) is 39.2 Å². The molecule has 0 spiro atoms. The summed E-state index contributed by atoms with van der Waals surface area (Å²) in [6, 6.07) is 7.50. The number of hydrogen-bond acceptors (Lipinski definition) is 7. The number of nitrogens with one attached hydrogen (secondary N) is 1. The molecule has 2 aromatic rings. The molecule has 1 aromatic carbocycles. The number of aromatic nitrogens is 1. The van der Waals surface area contributed by atoms with Gasteiger partial charge in [-0.2, -0.15) is 0 Å². The van der Waals surface area contributed by atoms with E-state index >= 15 is 0 Å². The highest BCUT2D eigenvalue weighted by molar-refractivity contribution is 8.26. The Morgan fingerprint density at radius 1 is 1.37 bits per heavy atom. The number of ether oxygens (including phenoxy) is 1. The predicted molar refractivity (Wildman–Crippen MR) is 113 cm³/mol. The van der Waals surface area contributed by atoms with Gasteiger partial charge >= 0.3 is 0 Å². The number of benzene rings is 1. The smallest absolute Gasteiger partial charge is 0.266 e. The molecule has 1 aromatic heterocycles. The number of hydrogen-bond donors (Lipinski definition) is 1. The minimum atomic E-state index is -0.200. The van der Waals surface area contributed by atoms with Crippen LogP contribution >= 0.6 is 35.3 Å². The standard InChI is InChI=1S/C18H17N3O3S3/c1-2-24-13-5-3-12(4-6-13)11-14-16(23)21(18(25)27-14)9-7-15(22)20-17-19-8-10-26-17/h3-6,8,10-11H,2,7,9H2,1H3,(H,19,20,22). The highest BCUT2D eigenvalue weighted by atomic mass is 32.2. The van der Waals surface area contributed by atoms with Gasteiger partial charge in [0.1, 0.15) is 10.1 Å². The molecule has 27 heavy (non-hydrogen) atoms. The second-order valence-corrected chi connectivity index (χ2v) is 8.04. The van der Waals surface area contributed by atoms with E-state index in [2.05, 4.69) is 10.3 Å². The van der Waals surface area contributed by atoms with Crippen molar-refractivity contribution in [1.29, 1.82) is 0 Å². The fraction of sp³-hybridized carbons (Fsp3) is 0.222. The Bertz CT molecular complexity index is 864. The molecule has 6 nitrogen and oxygen atoms in total. The van der Waals surface area contributed by atoms with Crippen molar-refractivity contribution in [2.75, 3.05) is 18.5 Å². The number of thiocarbonyl (C=S) groups is 1. The van der Waals surface area contributed by atoms with Crippen molar-refractivity contribution < 1.29 is 14.3 Å². The quantitative estimate of drug-likeness (QED) is 0.544. The minimum absolute atomic E-state index is 0.155. The fourth-order valence-corrected chi connectivity index (χ4v) is 4.21. The lowest BCUT2D eigenvalue weighted by Gasteiger charge is -2.13. The molecule has 0 radical (unpaired) electrons. The Labute approximate surface area is 170 Å². The van der Waals surface area contributed by atoms with Crippen LogP contribution in [0, 0.1) is 0 Å². The summed E-state index contributed by atoms with van der Waals surface area (Å²) in [5.74, 6) is 0.406. The van der Waals surface area contributed by atoms with Crippen molar-refractivity contribution in [3.63, 3.8) is 0 Å². The molecule has 0 bridgehead atoms. The summed E-state index contributed by atoms with van der Waals surface area (Å²) in [6.07, 6.45) is 3.57. The van der Waals surface area contributed by atoms with Crippen molar-refractivity contribution in [2.24, 2.45) is 0 Å². The number of carbonyl (C=O) groups excluding carboxylic acids is 2. The van der Waals surface area contributed by atoms with Crippen LogP contribution in [0.2, 0.25) is 0 Å². The highest BCUT2D eigenvalue weighted by Gasteiger charge is 2.32. The average Bonchev–Trinajstić information content (AvgIpc) is 3.24. The SMILES string of the molecule is CCOc1ccc(C=C2SC(=S)N(CCC(=O)Nc3nccs3)C2=O)cc1. The first-order valence-electron chi connectivity index (χ1n) is 8.24. The van der Waals surface area contributed by atoms with Crippen LogP contribution in [0.3, 0.4) is 0 Å². The van der Waals surface area contributed by atoms with Gasteiger partial charge in [-0.3, -0.25) is 14.5 Å². The summed E-state index contributed by atoms with van der Waals surface area (Å²) >= 11 is 7.89. The Balaban J connectivity index is 1.59. The van der Waals surface area contributed by atoms with Crippen molar-refractivity contribution >= 4 is 62.7 Å². The van der Waals surface area contributed by atoms with E-state index in [1.54, 1.807) is 17.7 Å². The molecule has 9 heteroatoms. The Morgan fingerprint density at radius 3 is 2.81 bits per heavy atom. The fourth-order valence-electron chi connectivity index (χ4n) is 2.35. The lowest BCUT2D eigenvalue weighted by Crippen LogP contribution is -2.31. The molecule has 0 unspecified atom stereocenters. The van der Waals surface area contributed by atoms with Gasteiger partial charge in [0.15, 0.2) is 5.13 Å². The lowest BCUT2D eigenvalue weighted by atomic mass is 10.2. The molecule has 140 valence electrons. The molecular formula is C18H17N3O3S3. The third-order valence-electron chi connectivity index (χ3n) is 3.60. The van der Waals surface area contributed by atoms with E-state index in [-0.39, 0.29) is 24.8 Å². The summed E-state index contributed by atoms with van der Waals surface area (Å²) in [5, 5.41) is 5.02. The van der Waals surface area contributed by atoms with Crippen LogP contribution in [0.5, 0.6) is 5.75 Å². The zero-order valence-corrected chi connectivity index (χ0v) is 17.0. The van der Waals surface area contributed by atoms with Gasteiger partial charge in [-0.25, -0.2) is 4.98 Å². The van der Waals surface area contributed by atoms with Gasteiger partial charge in [-0.15, -0.1) is 11.3 Å². The molecule has 1 aliphatic heterocycles. The van der Waals surface area contributed by atoms with Crippen LogP contribution in [-0.2, 0) is 9.59 Å². The molecule has 1 N–H and O–H groups in total. The van der Waals surface area contributed by atoms with Gasteiger partial charge in [0, 0.05) is 24.5 Å². The van der Waals surface area contributed by atoms with Crippen LogP contribution in [0.1, 0.15) is 18.9 Å². The van der Waals surface area contributed by atoms with E-state index in [1.807, 2.05) is 31.2 Å². The highest BCUT2D eigenvalue weighted by Crippen LogP contribution is 2.32. The van der Waals surface area contributed by atoms with E-state index in [1.165, 1.54) is 28.0 Å². The van der Waals surface area contributed by atoms with Gasteiger partial charge in [0.2, 0.25) is 5.91 Å². The Kier molecular flexibility index (Phi) is 6.59. The first-order chi connectivity index (χ1) is 13.1. The van der Waals surface area contributed by atoms with E-state index in [4.69, 9.17) is 17.0 Å². The van der Waals surface area contributed by atoms with Crippen LogP contribution in [0.4, 0.5) is 5.13 Å². The van der Waals surface area contributed by atoms with Crippen molar-refractivity contribution in [2.45, 2.75) is 13.3 Å². The van der Waals surface area contributed by atoms with Crippen molar-refractivity contribution in [1.82, 2.24) is 9.88 Å². The third-order valence-corrected chi connectivity index (χ3v) is 5.67. The first kappa shape index (κ1) is 19.5. The first-order valence-corrected chi connectivity index (χ1v) is 10.3. The predicted octanol–water partition coefficient (Wildman–Crippen LogP) is 3.77.